The molecule has 1 atom stereocenters. The maximum absolute atomic E-state index is 3.53. The highest BCUT2D eigenvalue weighted by Crippen LogP contribution is 2.22. The minimum absolute atomic E-state index is 0.765. The van der Waals surface area contributed by atoms with Crippen LogP contribution in [0.15, 0.2) is 0 Å². The van der Waals surface area contributed by atoms with Crippen molar-refractivity contribution >= 4 is 11.8 Å². The van der Waals surface area contributed by atoms with Crippen LogP contribution in [0.3, 0.4) is 0 Å². The summed E-state index contributed by atoms with van der Waals surface area (Å²) in [4.78, 5) is 0. The van der Waals surface area contributed by atoms with Crippen molar-refractivity contribution in [3.8, 4) is 0 Å². The smallest absolute Gasteiger partial charge is 0.00768 e. The molecule has 0 aromatic carbocycles. The second-order valence-electron chi connectivity index (χ2n) is 4.53. The minimum atomic E-state index is 0.765. The quantitative estimate of drug-likeness (QED) is 0.632. The fourth-order valence-electron chi connectivity index (χ4n) is 1.62. The van der Waals surface area contributed by atoms with E-state index in [-0.39, 0.29) is 0 Å². The lowest BCUT2D eigenvalue weighted by atomic mass is 10.1. The molecule has 3 heteroatoms. The summed E-state index contributed by atoms with van der Waals surface area (Å²) in [6.45, 7) is 9.08. The summed E-state index contributed by atoms with van der Waals surface area (Å²) >= 11 is 2.10. The topological polar surface area (TPSA) is 24.1 Å². The van der Waals surface area contributed by atoms with Gasteiger partial charge in [0.25, 0.3) is 0 Å². The van der Waals surface area contributed by atoms with E-state index in [1.807, 2.05) is 0 Å². The molecule has 0 saturated carbocycles. The Morgan fingerprint density at radius 1 is 1.29 bits per heavy atom. The van der Waals surface area contributed by atoms with Crippen LogP contribution >= 0.6 is 11.8 Å². The molecule has 0 aromatic rings. The molecule has 1 aliphatic rings. The molecular weight excluding hydrogens is 192 g/mol. The zero-order valence-electron chi connectivity index (χ0n) is 9.51. The van der Waals surface area contributed by atoms with E-state index in [9.17, 15) is 0 Å². The van der Waals surface area contributed by atoms with E-state index < -0.39 is 0 Å². The molecule has 1 heterocycles. The number of thioether (sulfide) groups is 1. The predicted molar refractivity (Wildman–Crippen MR) is 66.0 cm³/mol. The van der Waals surface area contributed by atoms with Crippen LogP contribution in [-0.2, 0) is 0 Å². The maximum Gasteiger partial charge on any atom is 0.00768 e. The molecule has 1 rings (SSSR count). The summed E-state index contributed by atoms with van der Waals surface area (Å²) in [5.41, 5.74) is 0. The first-order valence-electron chi connectivity index (χ1n) is 5.78. The molecule has 0 amide bonds. The van der Waals surface area contributed by atoms with E-state index in [1.165, 1.54) is 24.5 Å². The Balaban J connectivity index is 1.79. The van der Waals surface area contributed by atoms with Crippen molar-refractivity contribution in [2.75, 3.05) is 37.7 Å². The fraction of sp³-hybridized carbons (Fsp3) is 1.00. The second-order valence-corrected chi connectivity index (χ2v) is 5.68. The highest BCUT2D eigenvalue weighted by atomic mass is 32.2. The fourth-order valence-corrected chi connectivity index (χ4v) is 2.90. The van der Waals surface area contributed by atoms with Gasteiger partial charge in [0, 0.05) is 13.1 Å². The van der Waals surface area contributed by atoms with Crippen LogP contribution in [0.5, 0.6) is 0 Å². The molecule has 0 radical (unpaired) electrons. The first-order chi connectivity index (χ1) is 6.79. The van der Waals surface area contributed by atoms with Gasteiger partial charge in [-0.05, 0) is 42.9 Å². The Hall–Kier alpha value is 0.270. The van der Waals surface area contributed by atoms with Crippen molar-refractivity contribution in [2.24, 2.45) is 11.8 Å². The van der Waals surface area contributed by atoms with E-state index in [2.05, 4.69) is 36.2 Å². The minimum Gasteiger partial charge on any atom is -0.315 e. The van der Waals surface area contributed by atoms with Gasteiger partial charge in [-0.1, -0.05) is 13.8 Å². The molecule has 1 aliphatic heterocycles. The van der Waals surface area contributed by atoms with Gasteiger partial charge in [0.1, 0.15) is 0 Å². The van der Waals surface area contributed by atoms with Crippen LogP contribution in [0.4, 0.5) is 0 Å². The number of hydrogen-bond acceptors (Lipinski definition) is 3. The lowest BCUT2D eigenvalue weighted by Crippen LogP contribution is -2.32. The molecule has 1 fully saturated rings. The van der Waals surface area contributed by atoms with Gasteiger partial charge in [-0.3, -0.25) is 0 Å². The molecule has 0 spiro atoms. The van der Waals surface area contributed by atoms with E-state index >= 15 is 0 Å². The zero-order valence-corrected chi connectivity index (χ0v) is 10.3. The standard InChI is InChI=1S/C11H24N2S/c1-10(2)7-12-4-5-13-8-11-3-6-14-9-11/h10-13H,3-9H2,1-2H3. The Kier molecular flexibility index (Phi) is 6.65. The second kappa shape index (κ2) is 7.55. The van der Waals surface area contributed by atoms with Crippen molar-refractivity contribution in [3.05, 3.63) is 0 Å². The summed E-state index contributed by atoms with van der Waals surface area (Å²) in [6.07, 6.45) is 1.41. The van der Waals surface area contributed by atoms with Crippen LogP contribution in [0, 0.1) is 11.8 Å². The van der Waals surface area contributed by atoms with Crippen LogP contribution in [0.2, 0.25) is 0 Å². The van der Waals surface area contributed by atoms with Crippen molar-refractivity contribution in [1.82, 2.24) is 10.6 Å². The monoisotopic (exact) mass is 216 g/mol. The summed E-state index contributed by atoms with van der Waals surface area (Å²) in [5, 5.41) is 6.97. The summed E-state index contributed by atoms with van der Waals surface area (Å²) < 4.78 is 0. The number of hydrogen-bond donors (Lipinski definition) is 2. The van der Waals surface area contributed by atoms with E-state index in [4.69, 9.17) is 0 Å². The van der Waals surface area contributed by atoms with E-state index in [0.29, 0.717) is 0 Å². The molecule has 1 unspecified atom stereocenters. The molecule has 0 aromatic heterocycles. The third kappa shape index (κ3) is 5.89. The van der Waals surface area contributed by atoms with Gasteiger partial charge >= 0.3 is 0 Å². The first-order valence-corrected chi connectivity index (χ1v) is 6.93. The molecule has 1 saturated heterocycles. The Morgan fingerprint density at radius 2 is 2.07 bits per heavy atom. The lowest BCUT2D eigenvalue weighted by molar-refractivity contribution is 0.496. The van der Waals surface area contributed by atoms with Gasteiger partial charge in [-0.25, -0.2) is 0 Å². The third-order valence-electron chi connectivity index (χ3n) is 2.49. The van der Waals surface area contributed by atoms with E-state index in [1.54, 1.807) is 0 Å². The normalized spacial score (nSPS) is 22.1. The predicted octanol–water partition coefficient (Wildman–Crippen LogP) is 1.57. The van der Waals surface area contributed by atoms with Gasteiger partial charge in [0.05, 0.1) is 0 Å². The first kappa shape index (κ1) is 12.3. The average molecular weight is 216 g/mol. The van der Waals surface area contributed by atoms with Crippen molar-refractivity contribution in [3.63, 3.8) is 0 Å². The Morgan fingerprint density at radius 3 is 2.71 bits per heavy atom. The molecule has 2 N–H and O–H groups in total. The number of nitrogens with one attached hydrogen (secondary N) is 2. The van der Waals surface area contributed by atoms with Crippen LogP contribution in [0.1, 0.15) is 20.3 Å². The third-order valence-corrected chi connectivity index (χ3v) is 3.72. The van der Waals surface area contributed by atoms with Gasteiger partial charge in [0.15, 0.2) is 0 Å². The van der Waals surface area contributed by atoms with Crippen molar-refractivity contribution < 1.29 is 0 Å². The largest absolute Gasteiger partial charge is 0.315 e. The molecule has 84 valence electrons. The van der Waals surface area contributed by atoms with Gasteiger partial charge in [-0.2, -0.15) is 11.8 Å². The summed E-state index contributed by atoms with van der Waals surface area (Å²) in [5.74, 6) is 4.44. The summed E-state index contributed by atoms with van der Waals surface area (Å²) in [6, 6.07) is 0. The van der Waals surface area contributed by atoms with Crippen LogP contribution in [0.25, 0.3) is 0 Å². The molecule has 14 heavy (non-hydrogen) atoms. The molecular formula is C11H24N2S. The van der Waals surface area contributed by atoms with Gasteiger partial charge in [-0.15, -0.1) is 0 Å². The van der Waals surface area contributed by atoms with Gasteiger partial charge in [0.2, 0.25) is 0 Å². The maximum atomic E-state index is 3.53. The van der Waals surface area contributed by atoms with Gasteiger partial charge < -0.3 is 10.6 Å². The van der Waals surface area contributed by atoms with Crippen molar-refractivity contribution in [1.29, 1.82) is 0 Å². The highest BCUT2D eigenvalue weighted by molar-refractivity contribution is 7.99. The zero-order chi connectivity index (χ0) is 10.2. The molecule has 0 bridgehead atoms. The van der Waals surface area contributed by atoms with Crippen LogP contribution in [-0.4, -0.2) is 37.7 Å². The Bertz CT molecular complexity index is 133. The highest BCUT2D eigenvalue weighted by Gasteiger charge is 2.13. The lowest BCUT2D eigenvalue weighted by Gasteiger charge is -2.11. The van der Waals surface area contributed by atoms with E-state index in [0.717, 1.165) is 31.5 Å². The number of rotatable bonds is 7. The molecule has 0 aliphatic carbocycles. The average Bonchev–Trinajstić information content (AvgIpc) is 2.63. The SMILES string of the molecule is CC(C)CNCCNCC1CCSC1. The van der Waals surface area contributed by atoms with Crippen LogP contribution < -0.4 is 10.6 Å². The van der Waals surface area contributed by atoms with Crippen molar-refractivity contribution in [2.45, 2.75) is 20.3 Å². The molecule has 2 nitrogen and oxygen atoms in total. The summed E-state index contributed by atoms with van der Waals surface area (Å²) in [7, 11) is 0. The Labute approximate surface area is 92.6 Å².